The van der Waals surface area contributed by atoms with Crippen LogP contribution in [0.3, 0.4) is 0 Å². The van der Waals surface area contributed by atoms with Crippen molar-refractivity contribution in [3.05, 3.63) is 0 Å². The highest BCUT2D eigenvalue weighted by Gasteiger charge is 2.09. The number of hydrogen-bond acceptors (Lipinski definition) is 3. The van der Waals surface area contributed by atoms with Gasteiger partial charge in [0.1, 0.15) is 0 Å². The second kappa shape index (κ2) is 4.28. The Kier molecular flexibility index (Phi) is 4.03. The minimum absolute atomic E-state index is 0.000764. The summed E-state index contributed by atoms with van der Waals surface area (Å²) in [5, 5.41) is 0. The molecule has 0 amide bonds. The molecule has 10 heavy (non-hydrogen) atoms. The third-order valence-electron chi connectivity index (χ3n) is 0.736. The van der Waals surface area contributed by atoms with Crippen molar-refractivity contribution < 1.29 is 14.3 Å². The molecule has 0 aliphatic heterocycles. The molecule has 0 aliphatic carbocycles. The van der Waals surface area contributed by atoms with E-state index in [0.29, 0.717) is 6.61 Å². The van der Waals surface area contributed by atoms with Gasteiger partial charge in [-0.25, -0.2) is 4.79 Å². The van der Waals surface area contributed by atoms with Crippen molar-refractivity contribution in [3.8, 4) is 0 Å². The van der Waals surface area contributed by atoms with Crippen LogP contribution in [-0.4, -0.2) is 19.9 Å². The van der Waals surface area contributed by atoms with E-state index in [2.05, 4.69) is 4.74 Å². The van der Waals surface area contributed by atoms with Crippen LogP contribution in [0.2, 0.25) is 0 Å². The molecule has 3 nitrogen and oxygen atoms in total. The van der Waals surface area contributed by atoms with Crippen LogP contribution in [0, 0.1) is 5.41 Å². The first-order valence-corrected chi connectivity index (χ1v) is 3.13. The summed E-state index contributed by atoms with van der Waals surface area (Å²) < 4.78 is 9.15. The van der Waals surface area contributed by atoms with Crippen LogP contribution in [0.15, 0.2) is 0 Å². The van der Waals surface area contributed by atoms with Crippen molar-refractivity contribution in [2.24, 2.45) is 5.41 Å². The Balaban J connectivity index is 3.12. The van der Waals surface area contributed by atoms with E-state index in [9.17, 15) is 4.79 Å². The van der Waals surface area contributed by atoms with Gasteiger partial charge in [-0.05, 0) is 5.41 Å². The van der Waals surface area contributed by atoms with Gasteiger partial charge in [0, 0.05) is 0 Å². The number of rotatable bonds is 4. The quantitative estimate of drug-likeness (QED) is 0.439. The van der Waals surface area contributed by atoms with Crippen molar-refractivity contribution >= 4 is 6.47 Å². The van der Waals surface area contributed by atoms with E-state index >= 15 is 0 Å². The van der Waals surface area contributed by atoms with Crippen LogP contribution in [0.1, 0.15) is 20.8 Å². The Morgan fingerprint density at radius 2 is 2.00 bits per heavy atom. The molecule has 0 rings (SSSR count). The topological polar surface area (TPSA) is 35.5 Å². The van der Waals surface area contributed by atoms with Gasteiger partial charge in [0.2, 0.25) is 0 Å². The van der Waals surface area contributed by atoms with E-state index in [1.165, 1.54) is 6.47 Å². The molecular weight excluding hydrogens is 132 g/mol. The fourth-order valence-electron chi connectivity index (χ4n) is 0.414. The molecular formula is C7H13O3. The Morgan fingerprint density at radius 3 is 2.40 bits per heavy atom. The lowest BCUT2D eigenvalue weighted by atomic mass is 9.99. The maximum atomic E-state index is 9.50. The molecule has 0 aromatic rings. The highest BCUT2D eigenvalue weighted by Crippen LogP contribution is 2.12. The van der Waals surface area contributed by atoms with Crippen LogP contribution < -0.4 is 0 Å². The minimum Gasteiger partial charge on any atom is -0.430 e. The van der Waals surface area contributed by atoms with Crippen molar-refractivity contribution in [1.29, 1.82) is 0 Å². The monoisotopic (exact) mass is 145 g/mol. The fourth-order valence-corrected chi connectivity index (χ4v) is 0.414. The average Bonchev–Trinajstić information content (AvgIpc) is 1.78. The average molecular weight is 145 g/mol. The van der Waals surface area contributed by atoms with Crippen LogP contribution in [-0.2, 0) is 14.3 Å². The van der Waals surface area contributed by atoms with Gasteiger partial charge in [0.05, 0.1) is 6.61 Å². The van der Waals surface area contributed by atoms with E-state index in [0.717, 1.165) is 0 Å². The molecule has 59 valence electrons. The molecule has 1 radical (unpaired) electrons. The molecule has 0 aliphatic rings. The van der Waals surface area contributed by atoms with Crippen LogP contribution in [0.25, 0.3) is 0 Å². The van der Waals surface area contributed by atoms with Gasteiger partial charge in [0.15, 0.2) is 6.79 Å². The Labute approximate surface area is 61.3 Å². The molecule has 3 heteroatoms. The highest BCUT2D eigenvalue weighted by molar-refractivity contribution is 5.37. The zero-order valence-corrected chi connectivity index (χ0v) is 6.64. The predicted octanol–water partition coefficient (Wildman–Crippen LogP) is 1.09. The molecule has 0 saturated carbocycles. The maximum absolute atomic E-state index is 9.50. The van der Waals surface area contributed by atoms with Gasteiger partial charge < -0.3 is 9.47 Å². The summed E-state index contributed by atoms with van der Waals surface area (Å²) in [4.78, 5) is 9.50. The van der Waals surface area contributed by atoms with Gasteiger partial charge in [0.25, 0.3) is 0 Å². The molecule has 0 aromatic heterocycles. The number of ether oxygens (including phenoxy) is 2. The zero-order chi connectivity index (χ0) is 8.04. The lowest BCUT2D eigenvalue weighted by Crippen LogP contribution is -2.15. The SMILES string of the molecule is CC(C)(C)COCO[C]=O. The van der Waals surface area contributed by atoms with Gasteiger partial charge in [-0.2, -0.15) is 0 Å². The lowest BCUT2D eigenvalue weighted by molar-refractivity contribution is -0.0249. The van der Waals surface area contributed by atoms with Gasteiger partial charge in [-0.3, -0.25) is 0 Å². The van der Waals surface area contributed by atoms with E-state index in [1.807, 2.05) is 20.8 Å². The molecule has 0 aromatic carbocycles. The van der Waals surface area contributed by atoms with Gasteiger partial charge in [-0.15, -0.1) is 0 Å². The maximum Gasteiger partial charge on any atom is 0.419 e. The summed E-state index contributed by atoms with van der Waals surface area (Å²) in [6.45, 7) is 7.98. The van der Waals surface area contributed by atoms with Crippen LogP contribution in [0.5, 0.6) is 0 Å². The normalized spacial score (nSPS) is 11.1. The molecule has 0 bridgehead atoms. The van der Waals surface area contributed by atoms with Crippen molar-refractivity contribution in [1.82, 2.24) is 0 Å². The summed E-state index contributed by atoms with van der Waals surface area (Å²) in [6.07, 6.45) is 0. The first-order chi connectivity index (χ1) is 4.56. The van der Waals surface area contributed by atoms with Crippen molar-refractivity contribution in [2.45, 2.75) is 20.8 Å². The summed E-state index contributed by atoms with van der Waals surface area (Å²) in [5.41, 5.74) is 0.117. The standard InChI is InChI=1S/C7H13O3/c1-7(2,3)4-9-6-10-5-8/h4,6H2,1-3H3. The minimum atomic E-state index is 0.000764. The zero-order valence-electron chi connectivity index (χ0n) is 6.64. The molecule has 0 fully saturated rings. The molecule has 0 unspecified atom stereocenters. The third-order valence-corrected chi connectivity index (χ3v) is 0.736. The highest BCUT2D eigenvalue weighted by atomic mass is 16.7. The van der Waals surface area contributed by atoms with E-state index in [-0.39, 0.29) is 12.2 Å². The largest absolute Gasteiger partial charge is 0.430 e. The summed E-state index contributed by atoms with van der Waals surface area (Å²) in [6, 6.07) is 0. The Morgan fingerprint density at radius 1 is 1.40 bits per heavy atom. The first-order valence-electron chi connectivity index (χ1n) is 3.13. The molecule has 0 heterocycles. The second-order valence-electron chi connectivity index (χ2n) is 3.25. The first kappa shape index (κ1) is 9.43. The summed E-state index contributed by atoms with van der Waals surface area (Å²) in [7, 11) is 0. The van der Waals surface area contributed by atoms with E-state index in [1.54, 1.807) is 0 Å². The van der Waals surface area contributed by atoms with Crippen LogP contribution in [0.4, 0.5) is 0 Å². The molecule has 0 N–H and O–H groups in total. The number of hydrogen-bond donors (Lipinski definition) is 0. The van der Waals surface area contributed by atoms with Crippen molar-refractivity contribution in [2.75, 3.05) is 13.4 Å². The Bertz CT molecular complexity index is 93.5. The third kappa shape index (κ3) is 7.43. The molecule has 0 saturated heterocycles. The number of carbonyl (C=O) groups excluding carboxylic acids is 1. The van der Waals surface area contributed by atoms with Gasteiger partial charge in [-0.1, -0.05) is 20.8 Å². The molecule has 0 atom stereocenters. The lowest BCUT2D eigenvalue weighted by Gasteiger charge is -2.16. The summed E-state index contributed by atoms with van der Waals surface area (Å²) in [5.74, 6) is 0. The van der Waals surface area contributed by atoms with Gasteiger partial charge >= 0.3 is 6.47 Å². The van der Waals surface area contributed by atoms with Crippen molar-refractivity contribution in [3.63, 3.8) is 0 Å². The second-order valence-corrected chi connectivity index (χ2v) is 3.25. The fraction of sp³-hybridized carbons (Fsp3) is 0.857. The molecule has 0 spiro atoms. The Hall–Kier alpha value is -0.570. The summed E-state index contributed by atoms with van der Waals surface area (Å²) >= 11 is 0. The van der Waals surface area contributed by atoms with E-state index in [4.69, 9.17) is 4.74 Å². The smallest absolute Gasteiger partial charge is 0.419 e. The van der Waals surface area contributed by atoms with Crippen LogP contribution >= 0.6 is 0 Å². The predicted molar refractivity (Wildman–Crippen MR) is 37.1 cm³/mol. The van der Waals surface area contributed by atoms with E-state index < -0.39 is 0 Å².